The van der Waals surface area contributed by atoms with Crippen molar-refractivity contribution in [2.24, 2.45) is 0 Å². The topological polar surface area (TPSA) is 107 Å². The van der Waals surface area contributed by atoms with E-state index >= 15 is 0 Å². The van der Waals surface area contributed by atoms with Crippen molar-refractivity contribution in [1.82, 2.24) is 25.3 Å². The molecule has 0 aliphatic carbocycles. The van der Waals surface area contributed by atoms with Crippen LogP contribution in [-0.2, 0) is 6.42 Å². The Hall–Kier alpha value is -2.70. The Morgan fingerprint density at radius 2 is 2.21 bits per heavy atom. The molecular formula is C12H12N6O. The zero-order valence-electron chi connectivity index (χ0n) is 10.3. The molecule has 0 fully saturated rings. The van der Waals surface area contributed by atoms with Crippen LogP contribution in [0.3, 0.4) is 0 Å². The van der Waals surface area contributed by atoms with Gasteiger partial charge in [-0.05, 0) is 12.5 Å². The number of rotatable bonds is 3. The van der Waals surface area contributed by atoms with Gasteiger partial charge in [-0.3, -0.25) is 5.10 Å². The number of hydrogen-bond acceptors (Lipinski definition) is 6. The smallest absolute Gasteiger partial charge is 0.295 e. The maximum absolute atomic E-state index is 5.42. The van der Waals surface area contributed by atoms with Crippen LogP contribution < -0.4 is 5.73 Å². The van der Waals surface area contributed by atoms with Crippen molar-refractivity contribution in [3.63, 3.8) is 0 Å². The molecule has 0 saturated heterocycles. The van der Waals surface area contributed by atoms with Gasteiger partial charge in [0.15, 0.2) is 5.82 Å². The molecule has 0 aliphatic rings. The predicted octanol–water partition coefficient (Wildman–Crippen LogP) is 1.34. The van der Waals surface area contributed by atoms with Crippen LogP contribution in [0.5, 0.6) is 0 Å². The van der Waals surface area contributed by atoms with Crippen molar-refractivity contribution in [3.8, 4) is 11.7 Å². The van der Waals surface area contributed by atoms with Crippen molar-refractivity contribution < 1.29 is 4.52 Å². The monoisotopic (exact) mass is 256 g/mol. The third-order valence-corrected chi connectivity index (χ3v) is 2.62. The summed E-state index contributed by atoms with van der Waals surface area (Å²) in [4.78, 5) is 8.18. The zero-order chi connectivity index (χ0) is 13.2. The Morgan fingerprint density at radius 3 is 2.95 bits per heavy atom. The van der Waals surface area contributed by atoms with Crippen molar-refractivity contribution in [3.05, 3.63) is 41.2 Å². The molecule has 0 bridgehead atoms. The number of aryl methyl sites for hydroxylation is 1. The molecule has 19 heavy (non-hydrogen) atoms. The van der Waals surface area contributed by atoms with Crippen molar-refractivity contribution in [2.75, 3.05) is 5.73 Å². The molecule has 0 radical (unpaired) electrons. The fraction of sp³-hybridized carbons (Fsp3) is 0.167. The number of nitrogens with one attached hydrogen (secondary N) is 1. The summed E-state index contributed by atoms with van der Waals surface area (Å²) in [7, 11) is 0. The minimum atomic E-state index is 0.147. The number of nitrogens with zero attached hydrogens (tertiary/aromatic N) is 4. The van der Waals surface area contributed by atoms with Gasteiger partial charge in [0.1, 0.15) is 0 Å². The van der Waals surface area contributed by atoms with Crippen molar-refractivity contribution >= 4 is 5.95 Å². The van der Waals surface area contributed by atoms with E-state index in [0.717, 1.165) is 5.56 Å². The molecule has 3 rings (SSSR count). The van der Waals surface area contributed by atoms with E-state index in [1.165, 1.54) is 5.56 Å². The third-order valence-electron chi connectivity index (χ3n) is 2.62. The number of nitrogens with two attached hydrogens (primary N) is 1. The van der Waals surface area contributed by atoms with Crippen LogP contribution in [0.2, 0.25) is 0 Å². The summed E-state index contributed by atoms with van der Waals surface area (Å²) in [5, 5.41) is 10.2. The number of H-pyrrole nitrogens is 1. The minimum absolute atomic E-state index is 0.147. The van der Waals surface area contributed by atoms with Crippen LogP contribution in [0.25, 0.3) is 11.7 Å². The fourth-order valence-electron chi connectivity index (χ4n) is 1.80. The van der Waals surface area contributed by atoms with Gasteiger partial charge in [0.25, 0.3) is 5.89 Å². The molecule has 3 aromatic rings. The first kappa shape index (κ1) is 11.4. The molecular weight excluding hydrogens is 244 g/mol. The number of hydrogen-bond donors (Lipinski definition) is 2. The van der Waals surface area contributed by atoms with E-state index in [4.69, 9.17) is 10.3 Å². The molecule has 0 atom stereocenters. The molecule has 3 N–H and O–H groups in total. The van der Waals surface area contributed by atoms with E-state index in [-0.39, 0.29) is 11.8 Å². The van der Waals surface area contributed by atoms with Gasteiger partial charge in [0.2, 0.25) is 11.8 Å². The SMILES string of the molecule is Cc1cccc(Cc2noc(-c3nc(N)n[nH]3)n2)c1. The first-order chi connectivity index (χ1) is 9.20. The standard InChI is InChI=1S/C12H12N6O/c1-7-3-2-4-8(5-7)6-9-14-11(19-18-9)10-15-12(13)17-16-10/h2-5H,6H2,1H3,(H3,13,15,16,17). The van der Waals surface area contributed by atoms with Gasteiger partial charge < -0.3 is 10.3 Å². The lowest BCUT2D eigenvalue weighted by Crippen LogP contribution is -1.91. The molecule has 96 valence electrons. The fourth-order valence-corrected chi connectivity index (χ4v) is 1.80. The van der Waals surface area contributed by atoms with E-state index in [9.17, 15) is 0 Å². The Balaban J connectivity index is 1.82. The summed E-state index contributed by atoms with van der Waals surface area (Å²) in [6, 6.07) is 8.16. The maximum Gasteiger partial charge on any atom is 0.295 e. The number of nitrogen functional groups attached to an aromatic ring is 1. The van der Waals surface area contributed by atoms with Crippen LogP contribution in [0.1, 0.15) is 17.0 Å². The highest BCUT2D eigenvalue weighted by atomic mass is 16.5. The van der Waals surface area contributed by atoms with Gasteiger partial charge in [-0.25, -0.2) is 0 Å². The quantitative estimate of drug-likeness (QED) is 0.732. The average Bonchev–Trinajstić information content (AvgIpc) is 2.98. The molecule has 0 unspecified atom stereocenters. The molecule has 0 aliphatic heterocycles. The lowest BCUT2D eigenvalue weighted by Gasteiger charge is -1.97. The Morgan fingerprint density at radius 1 is 1.32 bits per heavy atom. The minimum Gasteiger partial charge on any atom is -0.366 e. The Bertz CT molecular complexity index is 702. The van der Waals surface area contributed by atoms with Crippen molar-refractivity contribution in [1.29, 1.82) is 0 Å². The van der Waals surface area contributed by atoms with E-state index in [0.29, 0.717) is 18.1 Å². The molecule has 0 spiro atoms. The van der Waals surface area contributed by atoms with Gasteiger partial charge in [-0.1, -0.05) is 35.0 Å². The van der Waals surface area contributed by atoms with Gasteiger partial charge in [-0.15, -0.1) is 5.10 Å². The summed E-state index contributed by atoms with van der Waals surface area (Å²) in [6.45, 7) is 2.04. The third kappa shape index (κ3) is 2.44. The van der Waals surface area contributed by atoms with Crippen LogP contribution in [0.15, 0.2) is 28.8 Å². The highest BCUT2D eigenvalue weighted by molar-refractivity contribution is 5.41. The second-order valence-corrected chi connectivity index (χ2v) is 4.22. The first-order valence-electron chi connectivity index (χ1n) is 5.77. The Labute approximate surface area is 108 Å². The van der Waals surface area contributed by atoms with Crippen LogP contribution in [0.4, 0.5) is 5.95 Å². The number of aromatic amines is 1. The van der Waals surface area contributed by atoms with Gasteiger partial charge >= 0.3 is 0 Å². The molecule has 2 aromatic heterocycles. The van der Waals surface area contributed by atoms with E-state index < -0.39 is 0 Å². The molecule has 7 nitrogen and oxygen atoms in total. The molecule has 2 heterocycles. The second-order valence-electron chi connectivity index (χ2n) is 4.22. The first-order valence-corrected chi connectivity index (χ1v) is 5.77. The zero-order valence-corrected chi connectivity index (χ0v) is 10.3. The van der Waals surface area contributed by atoms with Gasteiger partial charge in [0, 0.05) is 6.42 Å². The molecule has 1 aromatic carbocycles. The number of aromatic nitrogens is 5. The molecule has 0 saturated carbocycles. The number of anilines is 1. The largest absolute Gasteiger partial charge is 0.366 e. The van der Waals surface area contributed by atoms with Gasteiger partial charge in [0.05, 0.1) is 0 Å². The summed E-state index contributed by atoms with van der Waals surface area (Å²) in [5.41, 5.74) is 7.75. The molecule has 7 heteroatoms. The van der Waals surface area contributed by atoms with Crippen LogP contribution in [-0.4, -0.2) is 25.3 Å². The predicted molar refractivity (Wildman–Crippen MR) is 68.1 cm³/mol. The summed E-state index contributed by atoms with van der Waals surface area (Å²) < 4.78 is 5.12. The highest BCUT2D eigenvalue weighted by Gasteiger charge is 2.12. The van der Waals surface area contributed by atoms with E-state index in [2.05, 4.69) is 31.4 Å². The summed E-state index contributed by atoms with van der Waals surface area (Å²) in [6.07, 6.45) is 0.606. The summed E-state index contributed by atoms with van der Waals surface area (Å²) in [5.74, 6) is 1.40. The highest BCUT2D eigenvalue weighted by Crippen LogP contribution is 2.14. The Kier molecular flexibility index (Phi) is 2.71. The van der Waals surface area contributed by atoms with E-state index in [1.807, 2.05) is 25.1 Å². The van der Waals surface area contributed by atoms with Crippen LogP contribution in [0, 0.1) is 6.92 Å². The van der Waals surface area contributed by atoms with Crippen molar-refractivity contribution in [2.45, 2.75) is 13.3 Å². The molecule has 0 amide bonds. The maximum atomic E-state index is 5.42. The lowest BCUT2D eigenvalue weighted by molar-refractivity contribution is 0.421. The summed E-state index contributed by atoms with van der Waals surface area (Å²) >= 11 is 0. The van der Waals surface area contributed by atoms with Gasteiger partial charge in [-0.2, -0.15) is 9.97 Å². The second kappa shape index (κ2) is 4.52. The lowest BCUT2D eigenvalue weighted by atomic mass is 10.1. The van der Waals surface area contributed by atoms with Crippen LogP contribution >= 0.6 is 0 Å². The average molecular weight is 256 g/mol. The number of benzene rings is 1. The normalized spacial score (nSPS) is 10.8. The van der Waals surface area contributed by atoms with E-state index in [1.54, 1.807) is 0 Å².